The number of amides is 2. The number of aromatic nitrogens is 2. The Bertz CT molecular complexity index is 1630. The molecule has 1 aliphatic heterocycles. The average molecular weight is 537 g/mol. The molecule has 0 saturated heterocycles. The smallest absolute Gasteiger partial charge is 0.417 e. The van der Waals surface area contributed by atoms with Crippen LogP contribution in [0, 0.1) is 11.6 Å². The fourth-order valence-corrected chi connectivity index (χ4v) is 4.83. The Labute approximate surface area is 209 Å². The second-order valence-electron chi connectivity index (χ2n) is 8.18. The summed E-state index contributed by atoms with van der Waals surface area (Å²) in [5.74, 6) is -4.21. The number of alkyl halides is 3. The molecule has 5 rings (SSSR count). The van der Waals surface area contributed by atoms with E-state index in [1.807, 2.05) is 0 Å². The van der Waals surface area contributed by atoms with Crippen LogP contribution in [0.5, 0.6) is 5.88 Å². The van der Waals surface area contributed by atoms with Crippen molar-refractivity contribution in [3.8, 4) is 17.0 Å². The summed E-state index contributed by atoms with van der Waals surface area (Å²) in [4.78, 5) is 25.5. The molecule has 0 aliphatic carbocycles. The molecule has 4 N–H and O–H groups in total. The van der Waals surface area contributed by atoms with E-state index in [0.717, 1.165) is 12.1 Å². The largest absolute Gasteiger partial charge is 0.480 e. The van der Waals surface area contributed by atoms with Crippen molar-refractivity contribution in [2.75, 3.05) is 7.11 Å². The molecule has 7 nitrogen and oxygen atoms in total. The second-order valence-corrected chi connectivity index (χ2v) is 8.59. The van der Waals surface area contributed by atoms with Gasteiger partial charge < -0.3 is 15.8 Å². The van der Waals surface area contributed by atoms with Gasteiger partial charge in [0.15, 0.2) is 0 Å². The fourth-order valence-electron chi connectivity index (χ4n) is 4.61. The van der Waals surface area contributed by atoms with Crippen LogP contribution in [0.4, 0.5) is 22.0 Å². The number of methoxy groups -OCH3 is 1. The van der Waals surface area contributed by atoms with Crippen LogP contribution in [0.3, 0.4) is 0 Å². The first-order chi connectivity index (χ1) is 17.4. The molecule has 3 aromatic carbocycles. The highest BCUT2D eigenvalue weighted by molar-refractivity contribution is 6.31. The van der Waals surface area contributed by atoms with Crippen molar-refractivity contribution in [3.63, 3.8) is 0 Å². The summed E-state index contributed by atoms with van der Waals surface area (Å²) >= 11 is 6.28. The zero-order valence-corrected chi connectivity index (χ0v) is 19.3. The highest BCUT2D eigenvalue weighted by atomic mass is 35.5. The summed E-state index contributed by atoms with van der Waals surface area (Å²) in [5.41, 5.74) is 1.96. The van der Waals surface area contributed by atoms with E-state index in [2.05, 4.69) is 15.5 Å². The van der Waals surface area contributed by atoms with Crippen LogP contribution >= 0.6 is 11.6 Å². The van der Waals surface area contributed by atoms with Gasteiger partial charge in [0.25, 0.3) is 5.91 Å². The number of halogens is 6. The topological polar surface area (TPSA) is 110 Å². The lowest BCUT2D eigenvalue weighted by molar-refractivity contribution is -0.137. The van der Waals surface area contributed by atoms with Gasteiger partial charge >= 0.3 is 6.18 Å². The second kappa shape index (κ2) is 8.44. The number of carbonyl (C=O) groups is 2. The lowest BCUT2D eigenvalue weighted by Gasteiger charge is -2.22. The van der Waals surface area contributed by atoms with E-state index in [4.69, 9.17) is 22.1 Å². The highest BCUT2D eigenvalue weighted by Gasteiger charge is 2.42. The monoisotopic (exact) mass is 536 g/mol. The molecule has 4 aromatic rings. The Kier molecular flexibility index (Phi) is 5.59. The maximum Gasteiger partial charge on any atom is 0.417 e. The minimum Gasteiger partial charge on any atom is -0.480 e. The number of nitrogens with two attached hydrogens (primary N) is 1. The third kappa shape index (κ3) is 3.84. The number of H-pyrrole nitrogens is 1. The fraction of sp³-hybridized carbons (Fsp3) is 0.125. The lowest BCUT2D eigenvalue weighted by Crippen LogP contribution is -2.21. The predicted octanol–water partition coefficient (Wildman–Crippen LogP) is 5.12. The Morgan fingerprint density at radius 1 is 1.11 bits per heavy atom. The van der Waals surface area contributed by atoms with Gasteiger partial charge in [0.1, 0.15) is 11.6 Å². The predicted molar refractivity (Wildman–Crippen MR) is 122 cm³/mol. The van der Waals surface area contributed by atoms with Gasteiger partial charge in [-0.05, 0) is 42.0 Å². The number of hydrogen-bond donors (Lipinski definition) is 3. The normalized spacial score (nSPS) is 15.1. The molecule has 1 unspecified atom stereocenters. The van der Waals surface area contributed by atoms with Crippen LogP contribution in [-0.4, -0.2) is 29.1 Å². The third-order valence-corrected chi connectivity index (χ3v) is 6.41. The Hall–Kier alpha value is -4.19. The van der Waals surface area contributed by atoms with Gasteiger partial charge in [-0.15, -0.1) is 5.10 Å². The molecule has 1 aromatic heterocycles. The average Bonchev–Trinajstić information content (AvgIpc) is 3.39. The molecule has 0 bridgehead atoms. The number of rotatable bonds is 4. The molecule has 0 radical (unpaired) electrons. The van der Waals surface area contributed by atoms with E-state index in [1.165, 1.54) is 19.2 Å². The minimum absolute atomic E-state index is 0.0121. The maximum atomic E-state index is 14.2. The summed E-state index contributed by atoms with van der Waals surface area (Å²) in [6, 6.07) is 4.08. The van der Waals surface area contributed by atoms with Crippen molar-refractivity contribution < 1.29 is 36.3 Å². The van der Waals surface area contributed by atoms with Gasteiger partial charge in [0.2, 0.25) is 11.8 Å². The zero-order valence-electron chi connectivity index (χ0n) is 18.6. The number of primary amides is 1. The van der Waals surface area contributed by atoms with Gasteiger partial charge in [-0.25, -0.2) is 8.78 Å². The molecule has 0 spiro atoms. The minimum atomic E-state index is -5.13. The molecule has 0 fully saturated rings. The van der Waals surface area contributed by atoms with Gasteiger partial charge in [0.05, 0.1) is 40.7 Å². The maximum absolute atomic E-state index is 14.2. The van der Waals surface area contributed by atoms with Gasteiger partial charge in [-0.1, -0.05) is 11.6 Å². The van der Waals surface area contributed by atoms with Crippen LogP contribution in [0.1, 0.15) is 43.4 Å². The van der Waals surface area contributed by atoms with Gasteiger partial charge in [-0.3, -0.25) is 14.7 Å². The van der Waals surface area contributed by atoms with Crippen LogP contribution < -0.4 is 15.8 Å². The van der Waals surface area contributed by atoms with Gasteiger partial charge in [-0.2, -0.15) is 13.2 Å². The highest BCUT2D eigenvalue weighted by Crippen LogP contribution is 2.48. The van der Waals surface area contributed by atoms with E-state index in [1.54, 1.807) is 0 Å². The summed E-state index contributed by atoms with van der Waals surface area (Å²) in [6.07, 6.45) is -5.13. The summed E-state index contributed by atoms with van der Waals surface area (Å²) in [5, 5.41) is 9.28. The number of hydrogen-bond acceptors (Lipinski definition) is 4. The first-order valence-electron chi connectivity index (χ1n) is 10.5. The number of aromatic amines is 1. The Morgan fingerprint density at radius 3 is 2.49 bits per heavy atom. The standard InChI is InChI=1S/C24H14ClF5N4O3/c1-37-23-13-7-11(16-12(21(31)35)5-9(27)6-14(16)24(28,29)30)17-18(20(13)33-34-23)22(36)32-19(17)10-4-8(26)2-3-15(10)25/h2-7,19H,1H3,(H2,31,35)(H,32,36)(H,33,34). The molecule has 2 heterocycles. The molecule has 1 aliphatic rings. The molecular formula is C24H14ClF5N4O3. The van der Waals surface area contributed by atoms with Crippen LogP contribution in [0.15, 0.2) is 36.4 Å². The Balaban J connectivity index is 1.98. The van der Waals surface area contributed by atoms with Crippen LogP contribution in [0.25, 0.3) is 22.0 Å². The summed E-state index contributed by atoms with van der Waals surface area (Å²) < 4.78 is 76.2. The van der Waals surface area contributed by atoms with Crippen LogP contribution in [0.2, 0.25) is 5.02 Å². The van der Waals surface area contributed by atoms with Crippen molar-refractivity contribution >= 4 is 34.3 Å². The molecular weight excluding hydrogens is 523 g/mol. The number of ether oxygens (including phenoxy) is 1. The Morgan fingerprint density at radius 2 is 1.84 bits per heavy atom. The van der Waals surface area contributed by atoms with E-state index in [-0.39, 0.29) is 50.1 Å². The van der Waals surface area contributed by atoms with E-state index >= 15 is 0 Å². The quantitative estimate of drug-likeness (QED) is 0.314. The van der Waals surface area contributed by atoms with E-state index in [9.17, 15) is 31.5 Å². The molecule has 190 valence electrons. The molecule has 0 saturated carbocycles. The zero-order chi connectivity index (χ0) is 26.8. The van der Waals surface area contributed by atoms with Crippen molar-refractivity contribution in [1.82, 2.24) is 15.5 Å². The molecule has 2 amide bonds. The van der Waals surface area contributed by atoms with Crippen molar-refractivity contribution in [3.05, 3.63) is 80.9 Å². The number of carbonyl (C=O) groups excluding carboxylic acids is 2. The van der Waals surface area contributed by atoms with Crippen molar-refractivity contribution in [2.24, 2.45) is 5.73 Å². The summed E-state index contributed by atoms with van der Waals surface area (Å²) in [6.45, 7) is 0. The van der Waals surface area contributed by atoms with E-state index in [0.29, 0.717) is 6.07 Å². The van der Waals surface area contributed by atoms with Crippen molar-refractivity contribution in [2.45, 2.75) is 12.2 Å². The SMILES string of the molecule is COc1n[nH]c2c3c(c(-c4c(C(N)=O)cc(F)cc4C(F)(F)F)cc12)C(c1cc(F)ccc1Cl)NC3=O. The number of nitrogens with zero attached hydrogens (tertiary/aromatic N) is 1. The number of nitrogens with one attached hydrogen (secondary N) is 2. The van der Waals surface area contributed by atoms with Gasteiger partial charge in [0, 0.05) is 21.7 Å². The molecule has 13 heteroatoms. The number of fused-ring (bicyclic) bond motifs is 3. The third-order valence-electron chi connectivity index (χ3n) is 6.06. The molecule has 1 atom stereocenters. The van der Waals surface area contributed by atoms with Crippen LogP contribution in [-0.2, 0) is 6.18 Å². The first-order valence-corrected chi connectivity index (χ1v) is 10.9. The molecule has 37 heavy (non-hydrogen) atoms. The lowest BCUT2D eigenvalue weighted by atomic mass is 9.84. The summed E-state index contributed by atoms with van der Waals surface area (Å²) in [7, 11) is 1.26. The number of benzene rings is 3. The van der Waals surface area contributed by atoms with Crippen molar-refractivity contribution in [1.29, 1.82) is 0 Å². The first kappa shape index (κ1) is 24.5. The van der Waals surface area contributed by atoms with E-state index < -0.39 is 52.4 Å².